The predicted molar refractivity (Wildman–Crippen MR) is 111 cm³/mol. The van der Waals surface area contributed by atoms with E-state index in [9.17, 15) is 26.4 Å². The Morgan fingerprint density at radius 1 is 1.03 bits per heavy atom. The third-order valence-corrected chi connectivity index (χ3v) is 5.55. The van der Waals surface area contributed by atoms with Gasteiger partial charge in [-0.2, -0.15) is 31.4 Å². The van der Waals surface area contributed by atoms with E-state index in [0.29, 0.717) is 17.1 Å². The molecule has 0 aliphatic carbocycles. The second kappa shape index (κ2) is 7.92. The number of ether oxygens (including phenoxy) is 1. The molecule has 0 radical (unpaired) electrons. The van der Waals surface area contributed by atoms with Gasteiger partial charge in [-0.3, -0.25) is 9.36 Å². The fourth-order valence-corrected chi connectivity index (χ4v) is 3.50. The van der Waals surface area contributed by atoms with Crippen molar-refractivity contribution < 1.29 is 30.5 Å². The van der Waals surface area contributed by atoms with Crippen LogP contribution in [-0.2, 0) is 10.1 Å². The highest BCUT2D eigenvalue weighted by molar-refractivity contribution is 7.88. The average molecular weight is 480 g/mol. The van der Waals surface area contributed by atoms with Gasteiger partial charge in [-0.05, 0) is 49.4 Å². The van der Waals surface area contributed by atoms with Crippen LogP contribution in [0, 0.1) is 6.92 Å². The number of fused-ring (bicyclic) bond motifs is 1. The number of halogens is 3. The highest BCUT2D eigenvalue weighted by Gasteiger charge is 2.49. The number of hydrogen-bond donors (Lipinski definition) is 0. The van der Waals surface area contributed by atoms with Crippen molar-refractivity contribution in [2.24, 2.45) is 0 Å². The lowest BCUT2D eigenvalue weighted by molar-refractivity contribution is -0.0501. The Bertz CT molecular complexity index is 1510. The van der Waals surface area contributed by atoms with Gasteiger partial charge >= 0.3 is 15.6 Å². The van der Waals surface area contributed by atoms with Gasteiger partial charge < -0.3 is 8.92 Å². The molecule has 13 heteroatoms. The second-order valence-corrected chi connectivity index (χ2v) is 8.33. The Morgan fingerprint density at radius 2 is 1.73 bits per heavy atom. The number of aryl methyl sites for hydroxylation is 1. The van der Waals surface area contributed by atoms with Crippen LogP contribution in [0.2, 0.25) is 0 Å². The molecule has 4 rings (SSSR count). The number of pyridine rings is 2. The van der Waals surface area contributed by atoms with Crippen molar-refractivity contribution >= 4 is 21.0 Å². The molecule has 0 saturated heterocycles. The standard InChI is InChI=1S/C20H15F3N4O5S/c1-12-4-3-5-16(24-12)27-19(32-33(29,30)20(21,22)23)15-10-11-26(18(28)17(15)25-27)13-6-8-14(31-2)9-7-13/h3-11H,1-2H3. The molecule has 1 aromatic carbocycles. The quantitative estimate of drug-likeness (QED) is 0.319. The molecular weight excluding hydrogens is 465 g/mol. The van der Waals surface area contributed by atoms with E-state index in [-0.39, 0.29) is 16.7 Å². The molecule has 3 aromatic heterocycles. The maximum atomic E-state index is 13.1. The molecule has 172 valence electrons. The molecule has 0 atom stereocenters. The third-order valence-electron chi connectivity index (χ3n) is 4.60. The van der Waals surface area contributed by atoms with E-state index >= 15 is 0 Å². The van der Waals surface area contributed by atoms with Gasteiger partial charge in [-0.15, -0.1) is 0 Å². The maximum absolute atomic E-state index is 13.1. The summed E-state index contributed by atoms with van der Waals surface area (Å²) in [7, 11) is -4.57. The first kappa shape index (κ1) is 22.3. The SMILES string of the molecule is COc1ccc(-n2ccc3c(OS(=O)(=O)C(F)(F)F)n(-c4cccc(C)n4)nc3c2=O)cc1. The van der Waals surface area contributed by atoms with E-state index < -0.39 is 27.1 Å². The number of benzene rings is 1. The molecule has 0 bridgehead atoms. The van der Waals surface area contributed by atoms with Gasteiger partial charge in [-0.25, -0.2) is 4.98 Å². The molecule has 0 aliphatic heterocycles. The van der Waals surface area contributed by atoms with E-state index in [1.165, 1.54) is 30.0 Å². The Labute approximate surface area is 184 Å². The summed E-state index contributed by atoms with van der Waals surface area (Å²) < 4.78 is 74.0. The average Bonchev–Trinajstić information content (AvgIpc) is 3.12. The molecule has 0 amide bonds. The molecule has 0 aliphatic rings. The first-order valence-electron chi connectivity index (χ1n) is 9.25. The smallest absolute Gasteiger partial charge is 0.497 e. The minimum atomic E-state index is -6.05. The first-order valence-corrected chi connectivity index (χ1v) is 10.7. The number of aromatic nitrogens is 4. The van der Waals surface area contributed by atoms with Crippen LogP contribution in [0.1, 0.15) is 5.69 Å². The number of hydrogen-bond acceptors (Lipinski definition) is 7. The summed E-state index contributed by atoms with van der Waals surface area (Å²) in [5.74, 6) is -0.288. The fraction of sp³-hybridized carbons (Fsp3) is 0.150. The van der Waals surface area contributed by atoms with Gasteiger partial charge in [0.1, 0.15) is 5.75 Å². The molecule has 33 heavy (non-hydrogen) atoms. The summed E-state index contributed by atoms with van der Waals surface area (Å²) >= 11 is 0. The minimum absolute atomic E-state index is 0.0334. The summed E-state index contributed by atoms with van der Waals surface area (Å²) in [6, 6.07) is 12.2. The molecule has 0 fully saturated rings. The van der Waals surface area contributed by atoms with Crippen molar-refractivity contribution in [3.63, 3.8) is 0 Å². The largest absolute Gasteiger partial charge is 0.534 e. The van der Waals surface area contributed by atoms with Crippen molar-refractivity contribution in [3.8, 4) is 23.1 Å². The van der Waals surface area contributed by atoms with E-state index in [0.717, 1.165) is 4.68 Å². The van der Waals surface area contributed by atoms with Crippen molar-refractivity contribution in [2.45, 2.75) is 12.4 Å². The third kappa shape index (κ3) is 4.02. The molecule has 4 aromatic rings. The normalized spacial score (nSPS) is 12.2. The Morgan fingerprint density at radius 3 is 2.33 bits per heavy atom. The number of methoxy groups -OCH3 is 1. The molecule has 9 nitrogen and oxygen atoms in total. The van der Waals surface area contributed by atoms with Crippen LogP contribution in [0.5, 0.6) is 11.6 Å². The monoisotopic (exact) mass is 480 g/mol. The summed E-state index contributed by atoms with van der Waals surface area (Å²) in [5, 5.41) is 3.81. The lowest BCUT2D eigenvalue weighted by Gasteiger charge is -2.11. The lowest BCUT2D eigenvalue weighted by Crippen LogP contribution is -2.29. The van der Waals surface area contributed by atoms with Crippen LogP contribution in [0.25, 0.3) is 22.4 Å². The zero-order chi connectivity index (χ0) is 24.0. The maximum Gasteiger partial charge on any atom is 0.534 e. The van der Waals surface area contributed by atoms with E-state index in [1.54, 1.807) is 43.3 Å². The summed E-state index contributed by atoms with van der Waals surface area (Å²) in [6.45, 7) is 1.62. The van der Waals surface area contributed by atoms with Gasteiger partial charge in [-0.1, -0.05) is 6.07 Å². The van der Waals surface area contributed by atoms with E-state index in [2.05, 4.69) is 14.3 Å². The van der Waals surface area contributed by atoms with Crippen molar-refractivity contribution in [3.05, 3.63) is 70.8 Å². The highest BCUT2D eigenvalue weighted by Crippen LogP contribution is 2.32. The van der Waals surface area contributed by atoms with Gasteiger partial charge in [0.05, 0.1) is 12.5 Å². The number of alkyl halides is 3. The van der Waals surface area contributed by atoms with Crippen LogP contribution >= 0.6 is 0 Å². The number of rotatable bonds is 5. The van der Waals surface area contributed by atoms with Crippen molar-refractivity contribution in [1.29, 1.82) is 0 Å². The minimum Gasteiger partial charge on any atom is -0.497 e. The fourth-order valence-electron chi connectivity index (χ4n) is 3.03. The zero-order valence-corrected chi connectivity index (χ0v) is 17.9. The molecule has 0 spiro atoms. The van der Waals surface area contributed by atoms with E-state index in [1.807, 2.05) is 0 Å². The second-order valence-electron chi connectivity index (χ2n) is 6.79. The molecule has 3 heterocycles. The molecule has 0 saturated carbocycles. The van der Waals surface area contributed by atoms with Crippen LogP contribution in [0.4, 0.5) is 13.2 Å². The summed E-state index contributed by atoms with van der Waals surface area (Å²) in [6.07, 6.45) is 1.27. The zero-order valence-electron chi connectivity index (χ0n) is 17.1. The van der Waals surface area contributed by atoms with Gasteiger partial charge in [0, 0.05) is 17.6 Å². The van der Waals surface area contributed by atoms with E-state index in [4.69, 9.17) is 4.74 Å². The Kier molecular flexibility index (Phi) is 5.36. The van der Waals surface area contributed by atoms with Gasteiger partial charge in [0.15, 0.2) is 11.3 Å². The Hall–Kier alpha value is -3.87. The Balaban J connectivity index is 1.96. The molecule has 0 unspecified atom stereocenters. The topological polar surface area (TPSA) is 105 Å². The summed E-state index contributed by atoms with van der Waals surface area (Å²) in [5.41, 5.74) is -5.81. The number of nitrogens with zero attached hydrogens (tertiary/aromatic N) is 4. The molecular formula is C20H15F3N4O5S. The first-order chi connectivity index (χ1) is 15.5. The van der Waals surface area contributed by atoms with Crippen LogP contribution in [0.15, 0.2) is 59.5 Å². The summed E-state index contributed by atoms with van der Waals surface area (Å²) in [4.78, 5) is 17.3. The van der Waals surface area contributed by atoms with Crippen LogP contribution in [0.3, 0.4) is 0 Å². The lowest BCUT2D eigenvalue weighted by atomic mass is 10.2. The predicted octanol–water partition coefficient (Wildman–Crippen LogP) is 3.12. The molecule has 0 N–H and O–H groups in total. The van der Waals surface area contributed by atoms with Crippen molar-refractivity contribution in [1.82, 2.24) is 19.3 Å². The van der Waals surface area contributed by atoms with Gasteiger partial charge in [0.25, 0.3) is 5.56 Å². The van der Waals surface area contributed by atoms with Crippen LogP contribution in [-0.4, -0.2) is 40.4 Å². The van der Waals surface area contributed by atoms with Gasteiger partial charge in [0.2, 0.25) is 5.88 Å². The highest BCUT2D eigenvalue weighted by atomic mass is 32.2. The van der Waals surface area contributed by atoms with Crippen LogP contribution < -0.4 is 14.5 Å². The van der Waals surface area contributed by atoms with Crippen molar-refractivity contribution in [2.75, 3.05) is 7.11 Å².